The Balaban J connectivity index is 0.957. The van der Waals surface area contributed by atoms with Gasteiger partial charge >= 0.3 is 0 Å². The van der Waals surface area contributed by atoms with E-state index in [0.29, 0.717) is 0 Å². The van der Waals surface area contributed by atoms with E-state index in [1.165, 1.54) is 38.2 Å². The topological polar surface area (TPSA) is 21.3 Å². The largest absolute Gasteiger partial charge is 0.455 e. The minimum absolute atomic E-state index is 0.885. The van der Waals surface area contributed by atoms with Gasteiger partial charge in [0.15, 0.2) is 0 Å². The van der Waals surface area contributed by atoms with Gasteiger partial charge in [-0.2, -0.15) is 0 Å². The number of aromatic nitrogens is 1. The average molecular weight is 779 g/mol. The summed E-state index contributed by atoms with van der Waals surface area (Å²) < 4.78 is 8.84. The third kappa shape index (κ3) is 6.06. The van der Waals surface area contributed by atoms with Crippen LogP contribution in [0.1, 0.15) is 0 Å². The Bertz CT molecular complexity index is 3560. The molecule has 12 rings (SSSR count). The number of anilines is 3. The van der Waals surface area contributed by atoms with Gasteiger partial charge in [-0.05, 0) is 117 Å². The van der Waals surface area contributed by atoms with Gasteiger partial charge in [0, 0.05) is 49.9 Å². The highest BCUT2D eigenvalue weighted by Crippen LogP contribution is 2.41. The zero-order valence-corrected chi connectivity index (χ0v) is 33.2. The number of para-hydroxylation sites is 2. The Morgan fingerprint density at radius 2 is 0.852 bits per heavy atom. The lowest BCUT2D eigenvalue weighted by Crippen LogP contribution is -2.10. The highest BCUT2D eigenvalue weighted by Gasteiger charge is 2.18. The summed E-state index contributed by atoms with van der Waals surface area (Å²) in [6, 6.07) is 83.0. The molecule has 3 heteroatoms. The van der Waals surface area contributed by atoms with Crippen LogP contribution in [0.4, 0.5) is 17.1 Å². The summed E-state index contributed by atoms with van der Waals surface area (Å²) in [6.07, 6.45) is 0. The van der Waals surface area contributed by atoms with Gasteiger partial charge in [-0.15, -0.1) is 0 Å². The van der Waals surface area contributed by atoms with Crippen molar-refractivity contribution in [2.45, 2.75) is 0 Å². The minimum atomic E-state index is 0.885. The first kappa shape index (κ1) is 34.9. The van der Waals surface area contributed by atoms with E-state index in [1.807, 2.05) is 18.2 Å². The second kappa shape index (κ2) is 14.3. The molecule has 0 radical (unpaired) electrons. The Labute approximate surface area is 353 Å². The molecule has 0 aliphatic heterocycles. The summed E-state index contributed by atoms with van der Waals surface area (Å²) in [5.74, 6) is 0.885. The predicted octanol–water partition coefficient (Wildman–Crippen LogP) is 16.3. The lowest BCUT2D eigenvalue weighted by molar-refractivity contribution is 0.635. The lowest BCUT2D eigenvalue weighted by atomic mass is 9.99. The van der Waals surface area contributed by atoms with Crippen molar-refractivity contribution in [1.82, 2.24) is 4.57 Å². The maximum Gasteiger partial charge on any atom is 0.142 e. The number of furan rings is 1. The van der Waals surface area contributed by atoms with Crippen LogP contribution in [0, 0.1) is 0 Å². The highest BCUT2D eigenvalue weighted by atomic mass is 16.3. The van der Waals surface area contributed by atoms with Gasteiger partial charge in [0.25, 0.3) is 0 Å². The van der Waals surface area contributed by atoms with E-state index >= 15 is 0 Å². The molecular formula is C58H38N2O. The van der Waals surface area contributed by atoms with Gasteiger partial charge < -0.3 is 13.9 Å². The zero-order chi connectivity index (χ0) is 40.3. The second-order valence-corrected chi connectivity index (χ2v) is 15.8. The molecule has 3 nitrogen and oxygen atoms in total. The number of fused-ring (bicyclic) bond motifs is 7. The van der Waals surface area contributed by atoms with Crippen LogP contribution in [-0.4, -0.2) is 4.57 Å². The van der Waals surface area contributed by atoms with Crippen LogP contribution >= 0.6 is 0 Å². The molecule has 2 heterocycles. The van der Waals surface area contributed by atoms with Crippen molar-refractivity contribution in [2.24, 2.45) is 0 Å². The third-order valence-corrected chi connectivity index (χ3v) is 12.2. The maximum atomic E-state index is 6.46. The van der Waals surface area contributed by atoms with Crippen molar-refractivity contribution < 1.29 is 4.42 Å². The van der Waals surface area contributed by atoms with E-state index in [1.54, 1.807) is 0 Å². The molecule has 0 atom stereocenters. The first-order chi connectivity index (χ1) is 30.2. The van der Waals surface area contributed by atoms with Crippen LogP contribution in [0.5, 0.6) is 0 Å². The van der Waals surface area contributed by atoms with Crippen LogP contribution in [0.15, 0.2) is 235 Å². The number of benzene rings is 10. The molecule has 0 N–H and O–H groups in total. The van der Waals surface area contributed by atoms with E-state index in [0.717, 1.165) is 72.5 Å². The summed E-state index contributed by atoms with van der Waals surface area (Å²) in [5, 5.41) is 8.33. The van der Waals surface area contributed by atoms with Crippen molar-refractivity contribution in [3.8, 4) is 39.3 Å². The molecular weight excluding hydrogens is 741 g/mol. The Hall–Kier alpha value is -8.14. The van der Waals surface area contributed by atoms with Gasteiger partial charge in [0.1, 0.15) is 11.3 Å². The standard InChI is InChI=1S/C58H38N2O/c1-3-12-42(13-4-1)57-37-47-22-21-46-36-45(27-33-52(46)58(47)61-57)41-25-30-50(31-26-41)59(49-28-23-40(24-29-49)44-20-19-39-11-7-8-14-43(39)35-44)51-32-34-54-53-17-9-10-18-55(53)60(56(54)38-51)48-15-5-2-6-16-48/h1-38H. The molecule has 0 aliphatic rings. The van der Waals surface area contributed by atoms with Gasteiger partial charge in [0.05, 0.1) is 11.0 Å². The van der Waals surface area contributed by atoms with E-state index in [-0.39, 0.29) is 0 Å². The zero-order valence-electron chi connectivity index (χ0n) is 33.2. The number of nitrogens with zero attached hydrogens (tertiary/aromatic N) is 2. The molecule has 286 valence electrons. The molecule has 12 aromatic rings. The van der Waals surface area contributed by atoms with Gasteiger partial charge in [-0.1, -0.05) is 152 Å². The van der Waals surface area contributed by atoms with E-state index in [2.05, 4.69) is 222 Å². The molecule has 0 fully saturated rings. The molecule has 0 amide bonds. The number of hydrogen-bond donors (Lipinski definition) is 0. The fourth-order valence-corrected chi connectivity index (χ4v) is 9.13. The van der Waals surface area contributed by atoms with E-state index in [4.69, 9.17) is 4.42 Å². The molecule has 0 saturated heterocycles. The number of hydrogen-bond acceptors (Lipinski definition) is 2. The number of rotatable bonds is 7. The van der Waals surface area contributed by atoms with Crippen LogP contribution in [0.2, 0.25) is 0 Å². The second-order valence-electron chi connectivity index (χ2n) is 15.8. The van der Waals surface area contributed by atoms with Crippen LogP contribution in [0.25, 0.3) is 93.6 Å². The average Bonchev–Trinajstić information content (AvgIpc) is 3.92. The molecule has 0 spiro atoms. The Kier molecular flexibility index (Phi) is 8.17. The molecule has 0 aliphatic carbocycles. The van der Waals surface area contributed by atoms with Crippen LogP contribution in [-0.2, 0) is 0 Å². The molecule has 0 unspecified atom stereocenters. The molecule has 0 saturated carbocycles. The Morgan fingerprint density at radius 3 is 1.61 bits per heavy atom. The van der Waals surface area contributed by atoms with Crippen LogP contribution < -0.4 is 4.90 Å². The molecule has 0 bridgehead atoms. The Morgan fingerprint density at radius 1 is 0.311 bits per heavy atom. The molecule has 61 heavy (non-hydrogen) atoms. The maximum absolute atomic E-state index is 6.46. The first-order valence-corrected chi connectivity index (χ1v) is 20.8. The third-order valence-electron chi connectivity index (χ3n) is 12.2. The fraction of sp³-hybridized carbons (Fsp3) is 0. The highest BCUT2D eigenvalue weighted by molar-refractivity contribution is 6.10. The van der Waals surface area contributed by atoms with Crippen molar-refractivity contribution in [2.75, 3.05) is 4.90 Å². The van der Waals surface area contributed by atoms with Gasteiger partial charge in [-0.25, -0.2) is 0 Å². The summed E-state index contributed by atoms with van der Waals surface area (Å²) in [4.78, 5) is 2.37. The van der Waals surface area contributed by atoms with Crippen molar-refractivity contribution in [1.29, 1.82) is 0 Å². The first-order valence-electron chi connectivity index (χ1n) is 20.8. The summed E-state index contributed by atoms with van der Waals surface area (Å²) in [7, 11) is 0. The monoisotopic (exact) mass is 778 g/mol. The van der Waals surface area contributed by atoms with Crippen molar-refractivity contribution in [3.05, 3.63) is 231 Å². The summed E-state index contributed by atoms with van der Waals surface area (Å²) >= 11 is 0. The normalized spacial score (nSPS) is 11.6. The molecule has 10 aromatic carbocycles. The van der Waals surface area contributed by atoms with Gasteiger partial charge in [0.2, 0.25) is 0 Å². The smallest absolute Gasteiger partial charge is 0.142 e. The quantitative estimate of drug-likeness (QED) is 0.161. The van der Waals surface area contributed by atoms with E-state index in [9.17, 15) is 0 Å². The van der Waals surface area contributed by atoms with Crippen LogP contribution in [0.3, 0.4) is 0 Å². The van der Waals surface area contributed by atoms with E-state index < -0.39 is 0 Å². The fourth-order valence-electron chi connectivity index (χ4n) is 9.13. The summed E-state index contributed by atoms with van der Waals surface area (Å²) in [5.41, 5.74) is 13.4. The van der Waals surface area contributed by atoms with Crippen molar-refractivity contribution >= 4 is 71.4 Å². The minimum Gasteiger partial charge on any atom is -0.455 e. The summed E-state index contributed by atoms with van der Waals surface area (Å²) in [6.45, 7) is 0. The predicted molar refractivity (Wildman–Crippen MR) is 257 cm³/mol. The SMILES string of the molecule is c1ccc(-c2cc3ccc4cc(-c5ccc(N(c6ccc(-c7ccc8ccccc8c7)cc6)c6ccc7c8ccccc8n(-c8ccccc8)c7c6)cc5)ccc4c3o2)cc1. The lowest BCUT2D eigenvalue weighted by Gasteiger charge is -2.26. The van der Waals surface area contributed by atoms with Crippen molar-refractivity contribution in [3.63, 3.8) is 0 Å². The van der Waals surface area contributed by atoms with Gasteiger partial charge in [-0.3, -0.25) is 0 Å². The molecule has 2 aromatic heterocycles.